The SMILES string of the molecule is CCN(C)c1nc(N)c(C(=O)NCc2ncon2)s1. The molecular formula is C10H14N6O2S. The molecule has 0 aliphatic carbocycles. The van der Waals surface area contributed by atoms with E-state index in [2.05, 4.69) is 25.0 Å². The molecule has 102 valence electrons. The Balaban J connectivity index is 2.04. The molecule has 0 spiro atoms. The molecule has 0 fully saturated rings. The summed E-state index contributed by atoms with van der Waals surface area (Å²) in [4.78, 5) is 22.2. The molecule has 0 saturated heterocycles. The number of anilines is 2. The largest absolute Gasteiger partial charge is 0.382 e. The van der Waals surface area contributed by atoms with Crippen LogP contribution in [-0.4, -0.2) is 34.6 Å². The molecule has 1 amide bonds. The number of carbonyl (C=O) groups is 1. The molecule has 0 bridgehead atoms. The van der Waals surface area contributed by atoms with Crippen LogP contribution in [0.4, 0.5) is 10.9 Å². The van der Waals surface area contributed by atoms with Crippen molar-refractivity contribution in [3.63, 3.8) is 0 Å². The number of thiazole rings is 1. The minimum Gasteiger partial charge on any atom is -0.382 e. The summed E-state index contributed by atoms with van der Waals surface area (Å²) < 4.78 is 4.57. The van der Waals surface area contributed by atoms with Crippen molar-refractivity contribution in [2.24, 2.45) is 0 Å². The zero-order valence-corrected chi connectivity index (χ0v) is 11.4. The minimum absolute atomic E-state index is 0.186. The third kappa shape index (κ3) is 2.99. The van der Waals surface area contributed by atoms with Crippen LogP contribution in [0.25, 0.3) is 0 Å². The van der Waals surface area contributed by atoms with Gasteiger partial charge in [-0.05, 0) is 6.92 Å². The lowest BCUT2D eigenvalue weighted by Crippen LogP contribution is -2.23. The van der Waals surface area contributed by atoms with E-state index in [9.17, 15) is 4.79 Å². The van der Waals surface area contributed by atoms with Gasteiger partial charge in [0.05, 0.1) is 6.54 Å². The number of nitrogens with one attached hydrogen (secondary N) is 1. The predicted molar refractivity (Wildman–Crippen MR) is 70.9 cm³/mol. The summed E-state index contributed by atoms with van der Waals surface area (Å²) in [7, 11) is 1.89. The van der Waals surface area contributed by atoms with Gasteiger partial charge in [-0.15, -0.1) is 0 Å². The second-order valence-corrected chi connectivity index (χ2v) is 4.73. The van der Waals surface area contributed by atoms with Crippen molar-refractivity contribution < 1.29 is 9.32 Å². The van der Waals surface area contributed by atoms with Crippen LogP contribution in [0, 0.1) is 0 Å². The number of hydrogen-bond donors (Lipinski definition) is 2. The molecule has 0 radical (unpaired) electrons. The van der Waals surface area contributed by atoms with Crippen molar-refractivity contribution >= 4 is 28.2 Å². The van der Waals surface area contributed by atoms with Gasteiger partial charge in [0.2, 0.25) is 6.39 Å². The van der Waals surface area contributed by atoms with Crippen LogP contribution in [0.1, 0.15) is 22.4 Å². The first-order chi connectivity index (χ1) is 9.11. The molecule has 0 atom stereocenters. The highest BCUT2D eigenvalue weighted by Gasteiger charge is 2.17. The standard InChI is InChI=1S/C10H14N6O2S/c1-3-16(2)10-14-8(11)7(19-10)9(17)12-4-6-13-5-18-15-6/h5H,3-4,11H2,1-2H3,(H,12,17). The highest BCUT2D eigenvalue weighted by atomic mass is 32.1. The highest BCUT2D eigenvalue weighted by Crippen LogP contribution is 2.27. The minimum atomic E-state index is -0.296. The van der Waals surface area contributed by atoms with Crippen LogP contribution in [-0.2, 0) is 6.54 Å². The zero-order valence-electron chi connectivity index (χ0n) is 10.6. The summed E-state index contributed by atoms with van der Waals surface area (Å²) in [5.41, 5.74) is 5.75. The van der Waals surface area contributed by atoms with Gasteiger partial charge >= 0.3 is 0 Å². The number of nitrogen functional groups attached to an aromatic ring is 1. The highest BCUT2D eigenvalue weighted by molar-refractivity contribution is 7.18. The first-order valence-corrected chi connectivity index (χ1v) is 6.44. The fourth-order valence-corrected chi connectivity index (χ4v) is 2.22. The van der Waals surface area contributed by atoms with Crippen molar-refractivity contribution in [2.75, 3.05) is 24.2 Å². The van der Waals surface area contributed by atoms with Crippen molar-refractivity contribution in [1.82, 2.24) is 20.4 Å². The zero-order chi connectivity index (χ0) is 13.8. The molecule has 2 heterocycles. The molecule has 19 heavy (non-hydrogen) atoms. The van der Waals surface area contributed by atoms with Crippen molar-refractivity contribution in [3.8, 4) is 0 Å². The summed E-state index contributed by atoms with van der Waals surface area (Å²) in [6, 6.07) is 0. The fraction of sp³-hybridized carbons (Fsp3) is 0.400. The van der Waals surface area contributed by atoms with Gasteiger partial charge < -0.3 is 20.5 Å². The maximum atomic E-state index is 12.0. The molecule has 2 aromatic rings. The van der Waals surface area contributed by atoms with Gasteiger partial charge in [0.25, 0.3) is 5.91 Å². The van der Waals surface area contributed by atoms with Crippen LogP contribution in [0.2, 0.25) is 0 Å². The van der Waals surface area contributed by atoms with Gasteiger partial charge in [-0.2, -0.15) is 4.98 Å². The Morgan fingerprint density at radius 3 is 3.05 bits per heavy atom. The third-order valence-corrected chi connectivity index (χ3v) is 3.65. The molecule has 9 heteroatoms. The second-order valence-electron chi connectivity index (χ2n) is 3.76. The number of rotatable bonds is 5. The van der Waals surface area contributed by atoms with Crippen molar-refractivity contribution in [2.45, 2.75) is 13.5 Å². The topological polar surface area (TPSA) is 110 Å². The molecule has 0 aromatic carbocycles. The molecule has 0 aliphatic rings. The summed E-state index contributed by atoms with van der Waals surface area (Å²) in [6.45, 7) is 2.97. The lowest BCUT2D eigenvalue weighted by Gasteiger charge is -2.10. The number of nitrogens with zero attached hydrogens (tertiary/aromatic N) is 4. The molecule has 0 unspecified atom stereocenters. The van der Waals surface area contributed by atoms with Crippen LogP contribution >= 0.6 is 11.3 Å². The summed E-state index contributed by atoms with van der Waals surface area (Å²) in [5.74, 6) is 0.337. The average Bonchev–Trinajstić information content (AvgIpc) is 3.04. The van der Waals surface area contributed by atoms with Gasteiger partial charge in [-0.1, -0.05) is 16.5 Å². The monoisotopic (exact) mass is 282 g/mol. The molecule has 2 rings (SSSR count). The first kappa shape index (κ1) is 13.3. The van der Waals surface area contributed by atoms with E-state index in [1.54, 1.807) is 0 Å². The number of hydrogen-bond acceptors (Lipinski definition) is 8. The van der Waals surface area contributed by atoms with Crippen molar-refractivity contribution in [1.29, 1.82) is 0 Å². The van der Waals surface area contributed by atoms with E-state index in [1.807, 2.05) is 18.9 Å². The maximum absolute atomic E-state index is 12.0. The van der Waals surface area contributed by atoms with E-state index in [0.29, 0.717) is 15.8 Å². The quantitative estimate of drug-likeness (QED) is 0.821. The Hall–Kier alpha value is -2.16. The van der Waals surface area contributed by atoms with Crippen LogP contribution in [0.15, 0.2) is 10.9 Å². The van der Waals surface area contributed by atoms with E-state index in [1.165, 1.54) is 17.7 Å². The Morgan fingerprint density at radius 2 is 2.42 bits per heavy atom. The predicted octanol–water partition coefficient (Wildman–Crippen LogP) is 0.494. The molecule has 0 saturated carbocycles. The summed E-state index contributed by atoms with van der Waals surface area (Å²) in [5, 5.41) is 6.97. The normalized spacial score (nSPS) is 10.4. The van der Waals surface area contributed by atoms with E-state index < -0.39 is 0 Å². The number of amides is 1. The van der Waals surface area contributed by atoms with E-state index in [4.69, 9.17) is 5.73 Å². The van der Waals surface area contributed by atoms with E-state index >= 15 is 0 Å². The fourth-order valence-electron chi connectivity index (χ4n) is 1.29. The Labute approximate surface area is 113 Å². The molecule has 8 nitrogen and oxygen atoms in total. The average molecular weight is 282 g/mol. The maximum Gasteiger partial charge on any atom is 0.265 e. The van der Waals surface area contributed by atoms with Gasteiger partial charge in [-0.3, -0.25) is 4.79 Å². The van der Waals surface area contributed by atoms with E-state index in [-0.39, 0.29) is 18.3 Å². The first-order valence-electron chi connectivity index (χ1n) is 5.62. The van der Waals surface area contributed by atoms with Crippen molar-refractivity contribution in [3.05, 3.63) is 17.1 Å². The van der Waals surface area contributed by atoms with Gasteiger partial charge in [-0.25, -0.2) is 4.98 Å². The number of carbonyl (C=O) groups excluding carboxylic acids is 1. The van der Waals surface area contributed by atoms with Crippen LogP contribution in [0.3, 0.4) is 0 Å². The molecule has 3 N–H and O–H groups in total. The number of nitrogens with two attached hydrogens (primary N) is 1. The summed E-state index contributed by atoms with van der Waals surface area (Å²) in [6.07, 6.45) is 1.21. The smallest absolute Gasteiger partial charge is 0.265 e. The Morgan fingerprint density at radius 1 is 1.63 bits per heavy atom. The summed E-state index contributed by atoms with van der Waals surface area (Å²) >= 11 is 1.25. The van der Waals surface area contributed by atoms with E-state index in [0.717, 1.165) is 6.54 Å². The molecular weight excluding hydrogens is 268 g/mol. The third-order valence-electron chi connectivity index (χ3n) is 2.46. The molecule has 0 aliphatic heterocycles. The Bertz CT molecular complexity index is 552. The lowest BCUT2D eigenvalue weighted by molar-refractivity contribution is 0.0954. The van der Waals surface area contributed by atoms with Crippen LogP contribution in [0.5, 0.6) is 0 Å². The van der Waals surface area contributed by atoms with Gasteiger partial charge in [0.15, 0.2) is 11.0 Å². The van der Waals surface area contributed by atoms with Gasteiger partial charge in [0, 0.05) is 13.6 Å². The molecule has 2 aromatic heterocycles. The van der Waals surface area contributed by atoms with Gasteiger partial charge in [0.1, 0.15) is 10.7 Å². The number of aromatic nitrogens is 3. The Kier molecular flexibility index (Phi) is 3.95. The van der Waals surface area contributed by atoms with Crippen LogP contribution < -0.4 is 16.0 Å². The lowest BCUT2D eigenvalue weighted by atomic mass is 10.4. The second kappa shape index (κ2) is 5.65.